The minimum absolute atomic E-state index is 0.373. The summed E-state index contributed by atoms with van der Waals surface area (Å²) < 4.78 is 6.18. The summed E-state index contributed by atoms with van der Waals surface area (Å²) in [6.07, 6.45) is -0.899. The molecule has 0 aliphatic carbocycles. The molecule has 1 atom stereocenters. The van der Waals surface area contributed by atoms with Gasteiger partial charge in [0, 0.05) is 4.47 Å². The summed E-state index contributed by atoms with van der Waals surface area (Å²) in [5.41, 5.74) is 1.73. The number of rotatable bonds is 5. The van der Waals surface area contributed by atoms with Crippen molar-refractivity contribution in [2.75, 3.05) is 5.32 Å². The number of ether oxygens (including phenoxy) is 1. The molecule has 0 spiro atoms. The zero-order valence-corrected chi connectivity index (χ0v) is 16.4. The summed E-state index contributed by atoms with van der Waals surface area (Å²) in [7, 11) is 0. The van der Waals surface area contributed by atoms with Gasteiger partial charge in [-0.15, -0.1) is 0 Å². The number of esters is 1. The van der Waals surface area contributed by atoms with Gasteiger partial charge in [-0.2, -0.15) is 0 Å². The molecule has 0 bridgehead atoms. The normalized spacial score (nSPS) is 12.4. The van der Waals surface area contributed by atoms with E-state index in [-0.39, 0.29) is 5.91 Å². The lowest BCUT2D eigenvalue weighted by molar-refractivity contribution is -0.158. The van der Waals surface area contributed by atoms with E-state index < -0.39 is 17.5 Å². The quantitative estimate of drug-likeness (QED) is 0.741. The Kier molecular flexibility index (Phi) is 6.01. The Morgan fingerprint density at radius 2 is 1.76 bits per heavy atom. The van der Waals surface area contributed by atoms with E-state index in [0.717, 1.165) is 15.6 Å². The molecule has 0 saturated carbocycles. The second-order valence-electron chi connectivity index (χ2n) is 6.51. The summed E-state index contributed by atoms with van der Waals surface area (Å²) in [6.45, 7) is 7.10. The van der Waals surface area contributed by atoms with Gasteiger partial charge in [-0.1, -0.05) is 36.4 Å². The minimum Gasteiger partial charge on any atom is -0.452 e. The van der Waals surface area contributed by atoms with Crippen LogP contribution in [0.5, 0.6) is 0 Å². The summed E-state index contributed by atoms with van der Waals surface area (Å²) in [6, 6.07) is 15.0. The zero-order chi connectivity index (χ0) is 18.6. The number of aryl methyl sites for hydroxylation is 1. The van der Waals surface area contributed by atoms with Crippen molar-refractivity contribution in [1.82, 2.24) is 0 Å². The first-order valence-electron chi connectivity index (χ1n) is 8.05. The first kappa shape index (κ1) is 19.2. The Labute approximate surface area is 156 Å². The number of carbonyl (C=O) groups is 2. The number of benzene rings is 2. The Morgan fingerprint density at radius 1 is 1.12 bits per heavy atom. The van der Waals surface area contributed by atoms with E-state index in [0.29, 0.717) is 5.69 Å². The predicted octanol–water partition coefficient (Wildman–Crippen LogP) is 4.61. The van der Waals surface area contributed by atoms with Crippen LogP contribution in [0.1, 0.15) is 31.9 Å². The van der Waals surface area contributed by atoms with Crippen molar-refractivity contribution in [2.45, 2.75) is 39.2 Å². The van der Waals surface area contributed by atoms with E-state index in [1.54, 1.807) is 26.8 Å². The molecule has 0 aliphatic heterocycles. The average molecular weight is 404 g/mol. The predicted molar refractivity (Wildman–Crippen MR) is 103 cm³/mol. The molecule has 0 fully saturated rings. The number of nitrogens with one attached hydrogen (secondary N) is 1. The van der Waals surface area contributed by atoms with Crippen LogP contribution in [0.15, 0.2) is 53.0 Å². The van der Waals surface area contributed by atoms with E-state index in [4.69, 9.17) is 4.74 Å². The van der Waals surface area contributed by atoms with E-state index in [1.807, 2.05) is 49.4 Å². The summed E-state index contributed by atoms with van der Waals surface area (Å²) >= 11 is 3.42. The molecule has 5 heteroatoms. The minimum atomic E-state index is -0.899. The first-order valence-corrected chi connectivity index (χ1v) is 8.84. The highest BCUT2D eigenvalue weighted by Crippen LogP contribution is 2.26. The van der Waals surface area contributed by atoms with E-state index in [2.05, 4.69) is 21.2 Å². The number of amides is 1. The molecule has 25 heavy (non-hydrogen) atoms. The van der Waals surface area contributed by atoms with Gasteiger partial charge in [-0.05, 0) is 66.9 Å². The average Bonchev–Trinajstić information content (AvgIpc) is 2.57. The van der Waals surface area contributed by atoms with Crippen LogP contribution in [0.25, 0.3) is 0 Å². The first-order chi connectivity index (χ1) is 11.7. The lowest BCUT2D eigenvalue weighted by Crippen LogP contribution is -2.37. The van der Waals surface area contributed by atoms with Crippen molar-refractivity contribution in [3.8, 4) is 0 Å². The molecule has 0 aliphatic rings. The number of anilines is 1. The van der Waals surface area contributed by atoms with Gasteiger partial charge in [-0.25, -0.2) is 0 Å². The van der Waals surface area contributed by atoms with Crippen molar-refractivity contribution in [2.24, 2.45) is 0 Å². The van der Waals surface area contributed by atoms with Crippen LogP contribution in [0, 0.1) is 6.92 Å². The van der Waals surface area contributed by atoms with Crippen LogP contribution in [0.2, 0.25) is 0 Å². The summed E-state index contributed by atoms with van der Waals surface area (Å²) in [4.78, 5) is 24.9. The van der Waals surface area contributed by atoms with Crippen molar-refractivity contribution >= 4 is 33.5 Å². The lowest BCUT2D eigenvalue weighted by atomic mass is 9.85. The fraction of sp³-hybridized carbons (Fsp3) is 0.300. The van der Waals surface area contributed by atoms with Crippen LogP contribution >= 0.6 is 15.9 Å². The highest BCUT2D eigenvalue weighted by atomic mass is 79.9. The molecule has 1 N–H and O–H groups in total. The molecule has 1 amide bonds. The lowest BCUT2D eigenvalue weighted by Gasteiger charge is -2.25. The Hall–Kier alpha value is -2.14. The molecule has 132 valence electrons. The van der Waals surface area contributed by atoms with Crippen molar-refractivity contribution in [1.29, 1.82) is 0 Å². The van der Waals surface area contributed by atoms with Gasteiger partial charge in [-0.3, -0.25) is 9.59 Å². The molecule has 2 rings (SSSR count). The molecule has 0 radical (unpaired) electrons. The maximum Gasteiger partial charge on any atom is 0.316 e. The van der Waals surface area contributed by atoms with Gasteiger partial charge in [0.15, 0.2) is 6.10 Å². The molecule has 0 aromatic heterocycles. The van der Waals surface area contributed by atoms with E-state index in [9.17, 15) is 9.59 Å². The van der Waals surface area contributed by atoms with Crippen LogP contribution < -0.4 is 5.32 Å². The van der Waals surface area contributed by atoms with Crippen LogP contribution in [0.4, 0.5) is 5.69 Å². The highest BCUT2D eigenvalue weighted by Gasteiger charge is 2.33. The molecule has 0 saturated heterocycles. The smallest absolute Gasteiger partial charge is 0.316 e. The molecule has 0 unspecified atom stereocenters. The molecule has 2 aromatic rings. The molecular weight excluding hydrogens is 382 g/mol. The van der Waals surface area contributed by atoms with Crippen LogP contribution in [-0.4, -0.2) is 18.0 Å². The standard InChI is InChI=1S/C20H22BrNO3/c1-13-10-11-17(16(21)12-13)22-18(23)14(2)25-19(24)20(3,4)15-8-6-5-7-9-15/h5-12,14H,1-4H3,(H,22,23)/t14-/m0/s1. The van der Waals surface area contributed by atoms with Gasteiger partial charge in [0.25, 0.3) is 5.91 Å². The Bertz CT molecular complexity index is 772. The third-order valence-corrected chi connectivity index (χ3v) is 4.70. The van der Waals surface area contributed by atoms with E-state index in [1.165, 1.54) is 0 Å². The van der Waals surface area contributed by atoms with E-state index >= 15 is 0 Å². The van der Waals surface area contributed by atoms with Crippen molar-refractivity contribution in [3.05, 3.63) is 64.1 Å². The largest absolute Gasteiger partial charge is 0.452 e. The maximum atomic E-state index is 12.5. The van der Waals surface area contributed by atoms with Gasteiger partial charge < -0.3 is 10.1 Å². The SMILES string of the molecule is Cc1ccc(NC(=O)[C@H](C)OC(=O)C(C)(C)c2ccccc2)c(Br)c1. The highest BCUT2D eigenvalue weighted by molar-refractivity contribution is 9.10. The maximum absolute atomic E-state index is 12.5. The van der Waals surface area contributed by atoms with Crippen molar-refractivity contribution < 1.29 is 14.3 Å². The van der Waals surface area contributed by atoms with Crippen LogP contribution in [-0.2, 0) is 19.7 Å². The second-order valence-corrected chi connectivity index (χ2v) is 7.37. The van der Waals surface area contributed by atoms with Crippen LogP contribution in [0.3, 0.4) is 0 Å². The van der Waals surface area contributed by atoms with Crippen molar-refractivity contribution in [3.63, 3.8) is 0 Å². The summed E-state index contributed by atoms with van der Waals surface area (Å²) in [5.74, 6) is -0.814. The van der Waals surface area contributed by atoms with Gasteiger partial charge >= 0.3 is 5.97 Å². The molecule has 2 aromatic carbocycles. The fourth-order valence-corrected chi connectivity index (χ4v) is 2.88. The third-order valence-electron chi connectivity index (χ3n) is 4.04. The molecule has 4 nitrogen and oxygen atoms in total. The fourth-order valence-electron chi connectivity index (χ4n) is 2.29. The van der Waals surface area contributed by atoms with Gasteiger partial charge in [0.05, 0.1) is 11.1 Å². The Balaban J connectivity index is 2.04. The molecule has 0 heterocycles. The summed E-state index contributed by atoms with van der Waals surface area (Å²) in [5, 5.41) is 2.77. The number of hydrogen-bond acceptors (Lipinski definition) is 3. The second kappa shape index (κ2) is 7.83. The number of carbonyl (C=O) groups excluding carboxylic acids is 2. The topological polar surface area (TPSA) is 55.4 Å². The zero-order valence-electron chi connectivity index (χ0n) is 14.8. The molecular formula is C20H22BrNO3. The number of hydrogen-bond donors (Lipinski definition) is 1. The monoisotopic (exact) mass is 403 g/mol. The van der Waals surface area contributed by atoms with Gasteiger partial charge in [0.2, 0.25) is 0 Å². The van der Waals surface area contributed by atoms with Gasteiger partial charge in [0.1, 0.15) is 0 Å². The third kappa shape index (κ3) is 4.69. The number of halogens is 1. The Morgan fingerprint density at radius 3 is 2.36 bits per heavy atom.